The number of nitrogens with one attached hydrogen (secondary N) is 12. The molecule has 10 heterocycles. The summed E-state index contributed by atoms with van der Waals surface area (Å²) in [6, 6.07) is 18.2. The van der Waals surface area contributed by atoms with E-state index in [9.17, 15) is 57.5 Å². The van der Waals surface area contributed by atoms with Gasteiger partial charge in [0.05, 0.1) is 42.4 Å². The Labute approximate surface area is 711 Å². The van der Waals surface area contributed by atoms with Crippen molar-refractivity contribution < 1.29 is 67.0 Å². The van der Waals surface area contributed by atoms with Crippen LogP contribution in [0.5, 0.6) is 5.75 Å². The molecule has 0 bridgehead atoms. The van der Waals surface area contributed by atoms with Gasteiger partial charge in [0.25, 0.3) is 41.4 Å². The molecule has 1 aliphatic heterocycles. The van der Waals surface area contributed by atoms with E-state index in [-0.39, 0.29) is 172 Å². The van der Waals surface area contributed by atoms with Crippen molar-refractivity contribution in [3.63, 3.8) is 0 Å². The van der Waals surface area contributed by atoms with E-state index in [2.05, 4.69) is 108 Å². The molecule has 642 valence electrons. The average Bonchev–Trinajstić information content (AvgIpc) is 1.59. The summed E-state index contributed by atoms with van der Waals surface area (Å²) in [6.07, 6.45) is 11.9. The van der Waals surface area contributed by atoms with Crippen molar-refractivity contribution in [2.45, 2.75) is 65.3 Å². The average molecular weight is 1720 g/mol. The number of hydrogen-bond donors (Lipinski definition) is 12. The lowest BCUT2D eigenvalue weighted by atomic mass is 9.99. The lowest BCUT2D eigenvalue weighted by Crippen LogP contribution is -2.33. The Kier molecular flexibility index (Phi) is 28.1. The summed E-state index contributed by atoms with van der Waals surface area (Å²) < 4.78 is 23.7. The molecule has 12 rings (SSSR count). The lowest BCUT2D eigenvalue weighted by Gasteiger charge is -2.13. The third-order valence-corrected chi connectivity index (χ3v) is 20.7. The molecule has 12 N–H and O–H groups in total. The molecule has 9 aromatic heterocycles. The number of carbonyl (C=O) groups excluding carboxylic acids is 12. The number of benzene rings is 2. The van der Waals surface area contributed by atoms with Gasteiger partial charge >= 0.3 is 0 Å². The van der Waals surface area contributed by atoms with E-state index < -0.39 is 65.1 Å². The summed E-state index contributed by atoms with van der Waals surface area (Å²) >= 11 is 7.90. The summed E-state index contributed by atoms with van der Waals surface area (Å²) in [5.74, 6) is -3.85. The summed E-state index contributed by atoms with van der Waals surface area (Å²) in [6.45, 7) is 6.81. The highest BCUT2D eigenvalue weighted by Gasteiger charge is 2.34. The molecule has 0 spiro atoms. The molecule has 0 saturated heterocycles. The molecular formula is C80H90ClN27O14S. The van der Waals surface area contributed by atoms with Gasteiger partial charge in [-0.05, 0) is 87.4 Å². The summed E-state index contributed by atoms with van der Waals surface area (Å²) in [4.78, 5) is 180. The number of amides is 12. The van der Waals surface area contributed by atoms with Crippen molar-refractivity contribution in [3.05, 3.63) is 195 Å². The van der Waals surface area contributed by atoms with E-state index in [1.54, 1.807) is 102 Å². The molecule has 11 aromatic rings. The Balaban J connectivity index is 0.486. The van der Waals surface area contributed by atoms with Crippen molar-refractivity contribution in [2.24, 2.45) is 54.3 Å². The van der Waals surface area contributed by atoms with Crippen LogP contribution in [0.1, 0.15) is 152 Å². The number of nitrogens with zero attached hydrogens (tertiary/aromatic N) is 15. The zero-order valence-electron chi connectivity index (χ0n) is 68.7. The first kappa shape index (κ1) is 87.6. The third-order valence-electron chi connectivity index (χ3n) is 19.3. The SMILES string of the molecule is Cc1sc2c(c1C)C(c1ccc(Cl)cc1)=N[C@@H](CC(=O)Nc1ccc(OCCOCCNC(=O)CCNC(=O)c3nc(NC(=O)c4cc(NC(=O)CCNC(=O)c5nc(NC(=O)CCCNC(=O)c6cc(NC(=O)c7nc(NC(=O)CCNC(=O)c8cc(NC(=O)c9nccn9C)cn8C)cn7C)cn6C)cn5C)cn4C)cn3C)cc1)c1nnc(C)n1-2. The molecule has 1 aliphatic rings. The first-order valence-electron chi connectivity index (χ1n) is 38.7. The van der Waals surface area contributed by atoms with Gasteiger partial charge in [0.1, 0.15) is 46.3 Å². The normalized spacial score (nSPS) is 12.1. The van der Waals surface area contributed by atoms with Crippen LogP contribution in [-0.2, 0) is 78.0 Å². The van der Waals surface area contributed by atoms with Crippen LogP contribution >= 0.6 is 22.9 Å². The number of carbonyl (C=O) groups is 12. The molecule has 0 fully saturated rings. The van der Waals surface area contributed by atoms with Crippen LogP contribution < -0.4 is 68.5 Å². The molecule has 0 aliphatic carbocycles. The molecule has 0 radical (unpaired) electrons. The quantitative estimate of drug-likeness (QED) is 0.0213. The van der Waals surface area contributed by atoms with Crippen molar-refractivity contribution >= 4 is 140 Å². The maximum Gasteiger partial charge on any atom is 0.291 e. The van der Waals surface area contributed by atoms with Crippen molar-refractivity contribution in [1.82, 2.24) is 93.3 Å². The predicted molar refractivity (Wildman–Crippen MR) is 454 cm³/mol. The van der Waals surface area contributed by atoms with Gasteiger partial charge in [0.2, 0.25) is 47.0 Å². The number of rotatable bonds is 37. The number of halogens is 1. The van der Waals surface area contributed by atoms with Crippen LogP contribution in [0.2, 0.25) is 5.02 Å². The molecular weight excluding hydrogens is 1630 g/mol. The summed E-state index contributed by atoms with van der Waals surface area (Å²) in [5, 5.41) is 42.8. The molecule has 2 aromatic carbocycles. The monoisotopic (exact) mass is 1720 g/mol. The van der Waals surface area contributed by atoms with E-state index in [1.807, 2.05) is 35.8 Å². The third kappa shape index (κ3) is 22.2. The lowest BCUT2D eigenvalue weighted by molar-refractivity contribution is -0.121. The number of aromatic nitrogens is 14. The van der Waals surface area contributed by atoms with E-state index in [0.717, 1.165) is 32.3 Å². The predicted octanol–water partition coefficient (Wildman–Crippen LogP) is 5.53. The number of imidazole rings is 4. The fraction of sp³-hybridized carbons (Fsp3) is 0.312. The van der Waals surface area contributed by atoms with E-state index in [0.29, 0.717) is 33.8 Å². The molecule has 43 heteroatoms. The fourth-order valence-electron chi connectivity index (χ4n) is 13.0. The van der Waals surface area contributed by atoms with Gasteiger partial charge < -0.3 is 105 Å². The second-order valence-corrected chi connectivity index (χ2v) is 30.2. The first-order valence-corrected chi connectivity index (χ1v) is 39.9. The number of fused-ring (bicyclic) bond motifs is 3. The van der Waals surface area contributed by atoms with Gasteiger partial charge in [-0.2, -0.15) is 0 Å². The molecule has 41 nitrogen and oxygen atoms in total. The van der Waals surface area contributed by atoms with Gasteiger partial charge in [0.15, 0.2) is 29.1 Å². The zero-order chi connectivity index (χ0) is 87.9. The number of thiophene rings is 1. The number of aryl methyl sites for hydroxylation is 9. The maximum atomic E-state index is 13.6. The minimum Gasteiger partial charge on any atom is -0.491 e. The van der Waals surface area contributed by atoms with E-state index in [1.165, 1.54) is 82.8 Å². The maximum absolute atomic E-state index is 13.6. The standard InChI is InChI=1S/C80H90ClN27O14S/c1-44-45(2)123-80-66(44)67(47-13-15-48(81)16-14-47)92-54(68-100-99-46(3)108(68)80)37-65(113)88-49-17-19-53(20-18-49)122-33-32-121-31-29-82-61(109)21-25-86-77(118)71-97-60(43-106(71)9)98-75(116)57-34-50(38-104(57)7)89-63(111)22-27-87-76(117)70-95-58(41-105(70)8)93-62(110)12-11-24-84-73(114)55-36-52(40-102(55)5)91-79(120)72-96-59(42-107(72)10)94-64(112)23-26-85-74(115)56-35-51(39-103(56)6)90-78(119)69-83-28-30-101(69)4/h13-20,28,30,34-36,38-43,54H,11-12,21-27,29,31-33,37H2,1-10H3,(H,82,109)(H,84,114)(H,85,115)(H,86,118)(H,87,117)(H,88,113)(H,89,111)(H,90,119)(H,91,120)(H,93,110)(H,94,112)(H,98,116)/t54-/m0/s1. The first-order chi connectivity index (χ1) is 58.9. The Morgan fingerprint density at radius 2 is 0.943 bits per heavy atom. The summed E-state index contributed by atoms with van der Waals surface area (Å²) in [7, 11) is 11.2. The fourth-order valence-corrected chi connectivity index (χ4v) is 14.4. The van der Waals surface area contributed by atoms with E-state index in [4.69, 9.17) is 26.1 Å². The number of ether oxygens (including phenoxy) is 2. The Hall–Kier alpha value is -14.7. The van der Waals surface area contributed by atoms with Gasteiger partial charge in [-0.15, -0.1) is 21.5 Å². The van der Waals surface area contributed by atoms with Gasteiger partial charge in [-0.25, -0.2) is 19.9 Å². The zero-order valence-corrected chi connectivity index (χ0v) is 70.2. The smallest absolute Gasteiger partial charge is 0.291 e. The number of anilines is 7. The van der Waals surface area contributed by atoms with Gasteiger partial charge in [-0.1, -0.05) is 23.7 Å². The Morgan fingerprint density at radius 3 is 1.51 bits per heavy atom. The second kappa shape index (κ2) is 39.5. The summed E-state index contributed by atoms with van der Waals surface area (Å²) in [5.41, 5.74) is 5.73. The second-order valence-electron chi connectivity index (χ2n) is 28.6. The van der Waals surface area contributed by atoms with Crippen LogP contribution in [-0.4, -0.2) is 196 Å². The highest BCUT2D eigenvalue weighted by atomic mass is 35.5. The minimum atomic E-state index is -0.641. The van der Waals surface area contributed by atoms with E-state index >= 15 is 0 Å². The Morgan fingerprint density at radius 1 is 0.447 bits per heavy atom. The minimum absolute atomic E-state index is 0.00566. The van der Waals surface area contributed by atoms with Crippen LogP contribution in [0.15, 0.2) is 121 Å². The van der Waals surface area contributed by atoms with Gasteiger partial charge in [0, 0.05) is 184 Å². The molecule has 0 unspecified atom stereocenters. The van der Waals surface area contributed by atoms with Crippen LogP contribution in [0, 0.1) is 20.8 Å². The largest absolute Gasteiger partial charge is 0.491 e. The number of hydrogen-bond acceptors (Lipinski definition) is 22. The van der Waals surface area contributed by atoms with Crippen LogP contribution in [0.4, 0.5) is 40.2 Å². The van der Waals surface area contributed by atoms with Crippen molar-refractivity contribution in [1.29, 1.82) is 0 Å². The topological polar surface area (TPSA) is 497 Å². The van der Waals surface area contributed by atoms with Crippen LogP contribution in [0.25, 0.3) is 5.00 Å². The van der Waals surface area contributed by atoms with Gasteiger partial charge in [-0.3, -0.25) is 67.1 Å². The highest BCUT2D eigenvalue weighted by Crippen LogP contribution is 2.40. The van der Waals surface area contributed by atoms with Crippen molar-refractivity contribution in [2.75, 3.05) is 89.8 Å². The molecule has 123 heavy (non-hydrogen) atoms. The number of aliphatic imine (C=N–C) groups is 1. The Bertz CT molecular complexity index is 5890. The molecule has 0 saturated carbocycles. The van der Waals surface area contributed by atoms with Crippen LogP contribution in [0.3, 0.4) is 0 Å². The van der Waals surface area contributed by atoms with Crippen molar-refractivity contribution in [3.8, 4) is 10.8 Å². The molecule has 12 amide bonds. The molecule has 1 atom stereocenters. The highest BCUT2D eigenvalue weighted by molar-refractivity contribution is 7.15.